The minimum atomic E-state index is -2.61. The molecule has 5 heteroatoms. The minimum absolute atomic E-state index is 0.101. The average Bonchev–Trinajstić information content (AvgIpc) is 2.16. The van der Waals surface area contributed by atoms with Gasteiger partial charge in [0, 0.05) is 17.6 Å². The summed E-state index contributed by atoms with van der Waals surface area (Å²) in [5.74, 6) is 0.101. The van der Waals surface area contributed by atoms with Gasteiger partial charge >= 0.3 is 0 Å². The number of rotatable bonds is 3. The van der Waals surface area contributed by atoms with Crippen molar-refractivity contribution in [2.75, 3.05) is 0 Å². The molecule has 0 saturated carbocycles. The minimum Gasteiger partial charge on any atom is -0.392 e. The summed E-state index contributed by atoms with van der Waals surface area (Å²) in [6.45, 7) is 1.30. The maximum absolute atomic E-state index is 12.4. The maximum atomic E-state index is 12.4. The molecule has 0 atom stereocenters. The van der Waals surface area contributed by atoms with Gasteiger partial charge < -0.3 is 5.11 Å². The highest BCUT2D eigenvalue weighted by molar-refractivity contribution is 6.17. The molecule has 78 valence electrons. The van der Waals surface area contributed by atoms with E-state index in [1.54, 1.807) is 0 Å². The Morgan fingerprint density at radius 1 is 1.57 bits per heavy atom. The Balaban J connectivity index is 3.27. The standard InChI is InChI=1S/C9H10ClF2NO/c1-5-7(2-10)6(4-14)3-13-8(5)9(11)12/h3,9,14H,2,4H2,1H3. The number of hydrogen-bond acceptors (Lipinski definition) is 2. The van der Waals surface area contributed by atoms with Crippen LogP contribution in [0.5, 0.6) is 0 Å². The number of aliphatic hydroxyl groups excluding tert-OH is 1. The van der Waals surface area contributed by atoms with Crippen molar-refractivity contribution in [3.05, 3.63) is 28.6 Å². The lowest BCUT2D eigenvalue weighted by Gasteiger charge is -2.11. The Labute approximate surface area is 85.5 Å². The second-order valence-electron chi connectivity index (χ2n) is 2.86. The van der Waals surface area contributed by atoms with Crippen LogP contribution in [0.15, 0.2) is 6.20 Å². The average molecular weight is 222 g/mol. The molecule has 0 aliphatic rings. The molecular formula is C9H10ClF2NO. The highest BCUT2D eigenvalue weighted by Crippen LogP contribution is 2.25. The predicted octanol–water partition coefficient (Wildman–Crippen LogP) is 2.56. The van der Waals surface area contributed by atoms with Crippen LogP contribution in [-0.2, 0) is 12.5 Å². The van der Waals surface area contributed by atoms with Crippen LogP contribution in [0.3, 0.4) is 0 Å². The first-order valence-electron chi connectivity index (χ1n) is 4.04. The second-order valence-corrected chi connectivity index (χ2v) is 3.13. The molecule has 0 saturated heterocycles. The van der Waals surface area contributed by atoms with Gasteiger partial charge in [0.15, 0.2) is 0 Å². The summed E-state index contributed by atoms with van der Waals surface area (Å²) in [4.78, 5) is 3.59. The topological polar surface area (TPSA) is 33.1 Å². The Morgan fingerprint density at radius 2 is 2.21 bits per heavy atom. The Hall–Kier alpha value is -0.740. The number of pyridine rings is 1. The van der Waals surface area contributed by atoms with Gasteiger partial charge in [-0.1, -0.05) is 0 Å². The number of nitrogens with zero attached hydrogens (tertiary/aromatic N) is 1. The Morgan fingerprint density at radius 3 is 2.64 bits per heavy atom. The van der Waals surface area contributed by atoms with E-state index >= 15 is 0 Å². The van der Waals surface area contributed by atoms with E-state index in [-0.39, 0.29) is 18.2 Å². The van der Waals surface area contributed by atoms with Crippen LogP contribution in [-0.4, -0.2) is 10.1 Å². The van der Waals surface area contributed by atoms with Gasteiger partial charge in [-0.2, -0.15) is 0 Å². The zero-order valence-electron chi connectivity index (χ0n) is 7.60. The summed E-state index contributed by atoms with van der Waals surface area (Å²) in [6, 6.07) is 0. The Bertz CT molecular complexity index is 331. The molecule has 0 amide bonds. The summed E-state index contributed by atoms with van der Waals surface area (Å²) in [5.41, 5.74) is 1.14. The number of alkyl halides is 3. The third kappa shape index (κ3) is 2.01. The third-order valence-electron chi connectivity index (χ3n) is 2.09. The maximum Gasteiger partial charge on any atom is 0.280 e. The van der Waals surface area contributed by atoms with E-state index in [0.29, 0.717) is 16.7 Å². The third-order valence-corrected chi connectivity index (χ3v) is 2.36. The summed E-state index contributed by atoms with van der Waals surface area (Å²) in [5, 5.41) is 8.92. The van der Waals surface area contributed by atoms with Gasteiger partial charge in [-0.25, -0.2) is 8.78 Å². The quantitative estimate of drug-likeness (QED) is 0.796. The van der Waals surface area contributed by atoms with Gasteiger partial charge in [0.1, 0.15) is 5.69 Å². The lowest BCUT2D eigenvalue weighted by molar-refractivity contribution is 0.145. The van der Waals surface area contributed by atoms with E-state index in [9.17, 15) is 8.78 Å². The molecule has 1 N–H and O–H groups in total. The van der Waals surface area contributed by atoms with Crippen molar-refractivity contribution in [2.45, 2.75) is 25.8 Å². The van der Waals surface area contributed by atoms with E-state index in [2.05, 4.69) is 4.98 Å². The fraction of sp³-hybridized carbons (Fsp3) is 0.444. The van der Waals surface area contributed by atoms with Gasteiger partial charge in [0.25, 0.3) is 6.43 Å². The van der Waals surface area contributed by atoms with Crippen LogP contribution in [0, 0.1) is 6.92 Å². The highest BCUT2D eigenvalue weighted by Gasteiger charge is 2.16. The molecule has 1 heterocycles. The highest BCUT2D eigenvalue weighted by atomic mass is 35.5. The number of aliphatic hydroxyl groups is 1. The predicted molar refractivity (Wildman–Crippen MR) is 49.4 cm³/mol. The van der Waals surface area contributed by atoms with Crippen LogP contribution in [0.1, 0.15) is 28.8 Å². The first-order chi connectivity index (χ1) is 6.61. The Kier molecular flexibility index (Phi) is 3.77. The molecule has 0 aliphatic carbocycles. The second kappa shape index (κ2) is 4.66. The van der Waals surface area contributed by atoms with Crippen molar-refractivity contribution in [2.24, 2.45) is 0 Å². The zero-order chi connectivity index (χ0) is 10.7. The van der Waals surface area contributed by atoms with Crippen molar-refractivity contribution in [3.63, 3.8) is 0 Å². The SMILES string of the molecule is Cc1c(C(F)F)ncc(CO)c1CCl. The number of halogens is 3. The zero-order valence-corrected chi connectivity index (χ0v) is 8.35. The normalized spacial score (nSPS) is 11.0. The smallest absolute Gasteiger partial charge is 0.280 e. The van der Waals surface area contributed by atoms with E-state index in [1.165, 1.54) is 13.1 Å². The van der Waals surface area contributed by atoms with E-state index in [1.807, 2.05) is 0 Å². The van der Waals surface area contributed by atoms with Crippen molar-refractivity contribution in [1.29, 1.82) is 0 Å². The molecule has 0 unspecified atom stereocenters. The lowest BCUT2D eigenvalue weighted by atomic mass is 10.0. The van der Waals surface area contributed by atoms with Crippen LogP contribution in [0.25, 0.3) is 0 Å². The summed E-state index contributed by atoms with van der Waals surface area (Å²) in [6.07, 6.45) is -1.36. The fourth-order valence-corrected chi connectivity index (χ4v) is 1.63. The molecule has 0 radical (unpaired) electrons. The van der Waals surface area contributed by atoms with E-state index in [0.717, 1.165) is 0 Å². The lowest BCUT2D eigenvalue weighted by Crippen LogP contribution is -2.03. The van der Waals surface area contributed by atoms with Gasteiger partial charge in [-0.05, 0) is 18.1 Å². The van der Waals surface area contributed by atoms with Crippen molar-refractivity contribution >= 4 is 11.6 Å². The summed E-state index contributed by atoms with van der Waals surface area (Å²) >= 11 is 5.61. The number of hydrogen-bond donors (Lipinski definition) is 1. The molecule has 0 fully saturated rings. The van der Waals surface area contributed by atoms with Crippen LogP contribution >= 0.6 is 11.6 Å². The summed E-state index contributed by atoms with van der Waals surface area (Å²) in [7, 11) is 0. The van der Waals surface area contributed by atoms with Gasteiger partial charge in [-0.3, -0.25) is 4.98 Å². The molecule has 0 spiro atoms. The molecule has 14 heavy (non-hydrogen) atoms. The first kappa shape index (κ1) is 11.3. The molecule has 1 aromatic heterocycles. The first-order valence-corrected chi connectivity index (χ1v) is 4.57. The largest absolute Gasteiger partial charge is 0.392 e. The molecule has 1 aromatic rings. The summed E-state index contributed by atoms with van der Waals surface area (Å²) < 4.78 is 24.8. The van der Waals surface area contributed by atoms with Crippen molar-refractivity contribution < 1.29 is 13.9 Å². The van der Waals surface area contributed by atoms with Crippen LogP contribution < -0.4 is 0 Å². The number of aromatic nitrogens is 1. The van der Waals surface area contributed by atoms with Crippen LogP contribution in [0.2, 0.25) is 0 Å². The molecular weight excluding hydrogens is 212 g/mol. The monoisotopic (exact) mass is 221 g/mol. The molecule has 2 nitrogen and oxygen atoms in total. The molecule has 1 rings (SSSR count). The van der Waals surface area contributed by atoms with E-state index < -0.39 is 6.43 Å². The van der Waals surface area contributed by atoms with Gasteiger partial charge in [0.2, 0.25) is 0 Å². The van der Waals surface area contributed by atoms with Crippen LogP contribution in [0.4, 0.5) is 8.78 Å². The fourth-order valence-electron chi connectivity index (χ4n) is 1.26. The van der Waals surface area contributed by atoms with Crippen molar-refractivity contribution in [1.82, 2.24) is 4.98 Å². The molecule has 0 aliphatic heterocycles. The van der Waals surface area contributed by atoms with Crippen molar-refractivity contribution in [3.8, 4) is 0 Å². The molecule has 0 aromatic carbocycles. The van der Waals surface area contributed by atoms with Gasteiger partial charge in [-0.15, -0.1) is 11.6 Å². The molecule has 0 bridgehead atoms. The van der Waals surface area contributed by atoms with E-state index in [4.69, 9.17) is 16.7 Å². The van der Waals surface area contributed by atoms with Gasteiger partial charge in [0.05, 0.1) is 6.61 Å².